The van der Waals surface area contributed by atoms with Crippen LogP contribution < -0.4 is 5.32 Å². The maximum Gasteiger partial charge on any atom is 0.225 e. The van der Waals surface area contributed by atoms with Gasteiger partial charge in [0, 0.05) is 30.6 Å². The van der Waals surface area contributed by atoms with Crippen LogP contribution >= 0.6 is 11.6 Å². The number of rotatable bonds is 4. The third-order valence-corrected chi connectivity index (χ3v) is 4.62. The maximum absolute atomic E-state index is 12.3. The van der Waals surface area contributed by atoms with Gasteiger partial charge in [0.25, 0.3) is 0 Å². The second kappa shape index (κ2) is 6.69. The summed E-state index contributed by atoms with van der Waals surface area (Å²) in [5.74, 6) is 0.421. The second-order valence-corrected chi connectivity index (χ2v) is 6.68. The number of amides is 2. The average molecular weight is 321 g/mol. The highest BCUT2D eigenvalue weighted by molar-refractivity contribution is 6.30. The van der Waals surface area contributed by atoms with Gasteiger partial charge in [-0.2, -0.15) is 0 Å². The van der Waals surface area contributed by atoms with Crippen molar-refractivity contribution in [1.82, 2.24) is 10.2 Å². The topological polar surface area (TPSA) is 49.4 Å². The lowest BCUT2D eigenvalue weighted by molar-refractivity contribution is -0.136. The highest BCUT2D eigenvalue weighted by Gasteiger charge is 2.36. The minimum Gasteiger partial charge on any atom is -0.352 e. The molecule has 2 fully saturated rings. The summed E-state index contributed by atoms with van der Waals surface area (Å²) < 4.78 is 0. The summed E-state index contributed by atoms with van der Waals surface area (Å²) in [6.45, 7) is 1.84. The number of carbonyl (C=O) groups is 2. The minimum atomic E-state index is -0.0874. The van der Waals surface area contributed by atoms with Crippen molar-refractivity contribution in [3.05, 3.63) is 34.9 Å². The minimum absolute atomic E-state index is 0.0354. The number of piperidine rings is 1. The van der Waals surface area contributed by atoms with Crippen molar-refractivity contribution in [3.8, 4) is 0 Å². The molecule has 2 amide bonds. The highest BCUT2D eigenvalue weighted by atomic mass is 35.5. The maximum atomic E-state index is 12.3. The molecule has 0 bridgehead atoms. The number of halogens is 1. The van der Waals surface area contributed by atoms with E-state index in [9.17, 15) is 9.59 Å². The van der Waals surface area contributed by atoms with E-state index in [4.69, 9.17) is 11.6 Å². The van der Waals surface area contributed by atoms with Gasteiger partial charge in [-0.1, -0.05) is 23.7 Å². The molecule has 0 aromatic heterocycles. The molecule has 0 spiro atoms. The first-order valence-corrected chi connectivity index (χ1v) is 8.32. The van der Waals surface area contributed by atoms with Crippen LogP contribution in [0.4, 0.5) is 0 Å². The van der Waals surface area contributed by atoms with Crippen LogP contribution in [0.3, 0.4) is 0 Å². The Kier molecular flexibility index (Phi) is 4.67. The van der Waals surface area contributed by atoms with Gasteiger partial charge in [-0.3, -0.25) is 9.59 Å². The smallest absolute Gasteiger partial charge is 0.225 e. The van der Waals surface area contributed by atoms with Crippen LogP contribution in [0, 0.1) is 11.8 Å². The molecule has 1 aliphatic carbocycles. The number of nitrogens with one attached hydrogen (secondary N) is 1. The van der Waals surface area contributed by atoms with Crippen molar-refractivity contribution in [1.29, 1.82) is 0 Å². The van der Waals surface area contributed by atoms with E-state index in [0.717, 1.165) is 37.8 Å². The molecule has 1 saturated heterocycles. The van der Waals surface area contributed by atoms with Crippen LogP contribution in [-0.4, -0.2) is 29.8 Å². The monoisotopic (exact) mass is 320 g/mol. The van der Waals surface area contributed by atoms with Crippen LogP contribution in [0.2, 0.25) is 5.02 Å². The third-order valence-electron chi connectivity index (χ3n) is 4.39. The fraction of sp³-hybridized carbons (Fsp3) is 0.529. The van der Waals surface area contributed by atoms with Gasteiger partial charge in [-0.05, 0) is 43.4 Å². The first-order chi connectivity index (χ1) is 10.6. The number of likely N-dealkylation sites (tertiary alicyclic amines) is 1. The second-order valence-electron chi connectivity index (χ2n) is 6.25. The Labute approximate surface area is 135 Å². The van der Waals surface area contributed by atoms with E-state index in [1.165, 1.54) is 0 Å². The summed E-state index contributed by atoms with van der Waals surface area (Å²) in [6, 6.07) is 7.48. The van der Waals surface area contributed by atoms with E-state index in [-0.39, 0.29) is 23.7 Å². The van der Waals surface area contributed by atoms with Gasteiger partial charge in [0.05, 0.1) is 5.92 Å². The number of carbonyl (C=O) groups excluding carboxylic acids is 2. The zero-order valence-electron chi connectivity index (χ0n) is 12.6. The molecule has 1 heterocycles. The predicted octanol–water partition coefficient (Wildman–Crippen LogP) is 2.60. The van der Waals surface area contributed by atoms with Crippen molar-refractivity contribution < 1.29 is 9.59 Å². The summed E-state index contributed by atoms with van der Waals surface area (Å²) >= 11 is 5.94. The fourth-order valence-electron chi connectivity index (χ4n) is 2.96. The Morgan fingerprint density at radius 3 is 2.77 bits per heavy atom. The van der Waals surface area contributed by atoms with Crippen LogP contribution in [0.15, 0.2) is 24.3 Å². The molecule has 1 unspecified atom stereocenters. The van der Waals surface area contributed by atoms with E-state index < -0.39 is 0 Å². The Balaban J connectivity index is 1.52. The molecule has 3 rings (SSSR count). The molecule has 1 saturated carbocycles. The summed E-state index contributed by atoms with van der Waals surface area (Å²) in [4.78, 5) is 26.3. The van der Waals surface area contributed by atoms with Crippen molar-refractivity contribution in [2.45, 2.75) is 32.2 Å². The molecule has 1 atom stereocenters. The molecule has 0 radical (unpaired) electrons. The molecule has 1 aliphatic heterocycles. The Hall–Kier alpha value is -1.55. The van der Waals surface area contributed by atoms with Gasteiger partial charge in [0.15, 0.2) is 0 Å². The summed E-state index contributed by atoms with van der Waals surface area (Å²) in [5.41, 5.74) is 0.988. The normalized spacial score (nSPS) is 21.5. The Morgan fingerprint density at radius 2 is 2.05 bits per heavy atom. The lowest BCUT2D eigenvalue weighted by Crippen LogP contribution is -2.45. The highest BCUT2D eigenvalue weighted by Crippen LogP contribution is 2.32. The number of nitrogens with zero attached hydrogens (tertiary/aromatic N) is 1. The van der Waals surface area contributed by atoms with E-state index in [1.54, 1.807) is 0 Å². The van der Waals surface area contributed by atoms with Gasteiger partial charge >= 0.3 is 0 Å². The molecule has 118 valence electrons. The quantitative estimate of drug-likeness (QED) is 0.927. The van der Waals surface area contributed by atoms with Crippen molar-refractivity contribution >= 4 is 23.4 Å². The lowest BCUT2D eigenvalue weighted by Gasteiger charge is -2.32. The first kappa shape index (κ1) is 15.3. The van der Waals surface area contributed by atoms with Crippen LogP contribution in [0.5, 0.6) is 0 Å². The molecular formula is C17H21ClN2O2. The molecule has 1 aromatic rings. The molecular weight excluding hydrogens is 300 g/mol. The predicted molar refractivity (Wildman–Crippen MR) is 85.3 cm³/mol. The third kappa shape index (κ3) is 3.80. The number of benzene rings is 1. The van der Waals surface area contributed by atoms with Crippen LogP contribution in [0.25, 0.3) is 0 Å². The molecule has 22 heavy (non-hydrogen) atoms. The average Bonchev–Trinajstić information content (AvgIpc) is 3.37. The molecule has 1 aromatic carbocycles. The summed E-state index contributed by atoms with van der Waals surface area (Å²) in [5, 5.41) is 3.64. The van der Waals surface area contributed by atoms with Crippen molar-refractivity contribution in [2.24, 2.45) is 11.8 Å². The number of hydrogen-bond donors (Lipinski definition) is 1. The SMILES string of the molecule is O=C(NCc1cccc(Cl)c1)C1CCCN(C(=O)C2CC2)C1. The Morgan fingerprint density at radius 1 is 1.23 bits per heavy atom. The lowest BCUT2D eigenvalue weighted by atomic mass is 9.96. The van der Waals surface area contributed by atoms with E-state index in [1.807, 2.05) is 29.2 Å². The largest absolute Gasteiger partial charge is 0.352 e. The molecule has 2 aliphatic rings. The van der Waals surface area contributed by atoms with Crippen molar-refractivity contribution in [3.63, 3.8) is 0 Å². The van der Waals surface area contributed by atoms with Gasteiger partial charge in [-0.25, -0.2) is 0 Å². The zero-order valence-corrected chi connectivity index (χ0v) is 13.3. The zero-order chi connectivity index (χ0) is 15.5. The molecule has 1 N–H and O–H groups in total. The van der Waals surface area contributed by atoms with E-state index in [0.29, 0.717) is 18.1 Å². The van der Waals surface area contributed by atoms with Gasteiger partial charge in [0.1, 0.15) is 0 Å². The van der Waals surface area contributed by atoms with Gasteiger partial charge in [0.2, 0.25) is 11.8 Å². The molecule has 4 nitrogen and oxygen atoms in total. The fourth-order valence-corrected chi connectivity index (χ4v) is 3.17. The molecule has 5 heteroatoms. The Bertz CT molecular complexity index is 572. The van der Waals surface area contributed by atoms with Crippen LogP contribution in [-0.2, 0) is 16.1 Å². The van der Waals surface area contributed by atoms with Crippen LogP contribution in [0.1, 0.15) is 31.2 Å². The van der Waals surface area contributed by atoms with E-state index in [2.05, 4.69) is 5.32 Å². The van der Waals surface area contributed by atoms with Crippen molar-refractivity contribution in [2.75, 3.05) is 13.1 Å². The summed E-state index contributed by atoms with van der Waals surface area (Å²) in [6.07, 6.45) is 3.80. The first-order valence-electron chi connectivity index (χ1n) is 7.94. The van der Waals surface area contributed by atoms with E-state index >= 15 is 0 Å². The number of hydrogen-bond acceptors (Lipinski definition) is 2. The standard InChI is InChI=1S/C17H21ClN2O2/c18-15-5-1-3-12(9-15)10-19-16(21)14-4-2-8-20(11-14)17(22)13-6-7-13/h1,3,5,9,13-14H,2,4,6-8,10-11H2,(H,19,21). The van der Waals surface area contributed by atoms with Gasteiger partial charge < -0.3 is 10.2 Å². The van der Waals surface area contributed by atoms with Gasteiger partial charge in [-0.15, -0.1) is 0 Å². The summed E-state index contributed by atoms with van der Waals surface area (Å²) in [7, 11) is 0.